The van der Waals surface area contributed by atoms with Crippen molar-refractivity contribution in [3.63, 3.8) is 0 Å². The van der Waals surface area contributed by atoms with Gasteiger partial charge in [-0.3, -0.25) is 4.98 Å². The molecule has 3 aromatic rings. The second-order valence-electron chi connectivity index (χ2n) is 5.16. The number of nitrogens with one attached hydrogen (secondary N) is 1. The van der Waals surface area contributed by atoms with Gasteiger partial charge in [-0.15, -0.1) is 0 Å². The van der Waals surface area contributed by atoms with Crippen LogP contribution in [-0.2, 0) is 6.42 Å². The van der Waals surface area contributed by atoms with Gasteiger partial charge in [-0.05, 0) is 31.0 Å². The van der Waals surface area contributed by atoms with E-state index in [9.17, 15) is 4.39 Å². The summed E-state index contributed by atoms with van der Waals surface area (Å²) >= 11 is 0. The number of rotatable bonds is 4. The maximum Gasteiger partial charge on any atom is 0.149 e. The van der Waals surface area contributed by atoms with Gasteiger partial charge in [-0.25, -0.2) is 4.39 Å². The van der Waals surface area contributed by atoms with E-state index >= 15 is 0 Å². The number of halogens is 1. The van der Waals surface area contributed by atoms with E-state index in [1.54, 1.807) is 12.3 Å². The average Bonchev–Trinajstić information content (AvgIpc) is 2.50. The molecule has 0 spiro atoms. The normalized spacial score (nSPS) is 10.8. The summed E-state index contributed by atoms with van der Waals surface area (Å²) in [5, 5.41) is 4.19. The summed E-state index contributed by atoms with van der Waals surface area (Å²) < 4.78 is 13.7. The van der Waals surface area contributed by atoms with Crippen LogP contribution in [0.5, 0.6) is 0 Å². The van der Waals surface area contributed by atoms with Crippen LogP contribution in [0.3, 0.4) is 0 Å². The maximum absolute atomic E-state index is 13.7. The molecule has 0 saturated carbocycles. The second-order valence-corrected chi connectivity index (χ2v) is 5.16. The molecule has 0 saturated heterocycles. The zero-order valence-electron chi connectivity index (χ0n) is 11.9. The van der Waals surface area contributed by atoms with Gasteiger partial charge in [0.2, 0.25) is 0 Å². The van der Waals surface area contributed by atoms with Crippen LogP contribution in [0.2, 0.25) is 0 Å². The van der Waals surface area contributed by atoms with Gasteiger partial charge < -0.3 is 5.32 Å². The van der Waals surface area contributed by atoms with Crippen molar-refractivity contribution in [1.82, 2.24) is 4.98 Å². The van der Waals surface area contributed by atoms with E-state index < -0.39 is 0 Å². The number of nitrogens with zero attached hydrogens (tertiary/aromatic N) is 1. The lowest BCUT2D eigenvalue weighted by Gasteiger charge is -2.10. The minimum atomic E-state index is -0.283. The number of pyridine rings is 1. The monoisotopic (exact) mass is 280 g/mol. The summed E-state index contributed by atoms with van der Waals surface area (Å²) in [4.78, 5) is 4.10. The SMILES string of the molecule is Cc1ccc(CCNc2ccnc3c(F)cccc23)cc1. The number of hydrogen-bond acceptors (Lipinski definition) is 2. The maximum atomic E-state index is 13.7. The highest BCUT2D eigenvalue weighted by Gasteiger charge is 2.05. The molecule has 3 rings (SSSR count). The average molecular weight is 280 g/mol. The third-order valence-corrected chi connectivity index (χ3v) is 3.57. The van der Waals surface area contributed by atoms with Gasteiger partial charge in [-0.1, -0.05) is 42.0 Å². The van der Waals surface area contributed by atoms with Gasteiger partial charge in [0.15, 0.2) is 0 Å². The molecule has 1 N–H and O–H groups in total. The van der Waals surface area contributed by atoms with Crippen LogP contribution in [0.1, 0.15) is 11.1 Å². The second kappa shape index (κ2) is 5.92. The van der Waals surface area contributed by atoms with E-state index in [-0.39, 0.29) is 5.82 Å². The summed E-state index contributed by atoms with van der Waals surface area (Å²) in [6.07, 6.45) is 2.57. The Kier molecular flexibility index (Phi) is 3.82. The summed E-state index contributed by atoms with van der Waals surface area (Å²) in [5.41, 5.74) is 3.89. The molecular formula is C18H17FN2. The van der Waals surface area contributed by atoms with Crippen LogP contribution in [0.15, 0.2) is 54.7 Å². The standard InChI is InChI=1S/C18H17FN2/c1-13-5-7-14(8-6-13)9-11-20-17-10-12-21-18-15(17)3-2-4-16(18)19/h2-8,10,12H,9,11H2,1H3,(H,20,21). The third kappa shape index (κ3) is 3.02. The molecule has 0 radical (unpaired) electrons. The molecule has 0 unspecified atom stereocenters. The quantitative estimate of drug-likeness (QED) is 0.769. The van der Waals surface area contributed by atoms with Crippen molar-refractivity contribution in [2.75, 3.05) is 11.9 Å². The van der Waals surface area contributed by atoms with Crippen molar-refractivity contribution >= 4 is 16.6 Å². The first kappa shape index (κ1) is 13.6. The highest BCUT2D eigenvalue weighted by Crippen LogP contribution is 2.23. The molecule has 0 amide bonds. The highest BCUT2D eigenvalue weighted by molar-refractivity contribution is 5.91. The summed E-state index contributed by atoms with van der Waals surface area (Å²) in [6.45, 7) is 2.89. The molecule has 0 aliphatic carbocycles. The lowest BCUT2D eigenvalue weighted by Crippen LogP contribution is -2.05. The van der Waals surface area contributed by atoms with E-state index in [1.807, 2.05) is 12.1 Å². The number of para-hydroxylation sites is 1. The van der Waals surface area contributed by atoms with Crippen LogP contribution >= 0.6 is 0 Å². The molecule has 0 fully saturated rings. The minimum absolute atomic E-state index is 0.283. The van der Waals surface area contributed by atoms with Crippen molar-refractivity contribution in [3.8, 4) is 0 Å². The lowest BCUT2D eigenvalue weighted by atomic mass is 10.1. The van der Waals surface area contributed by atoms with E-state index in [1.165, 1.54) is 17.2 Å². The fourth-order valence-electron chi connectivity index (χ4n) is 2.39. The van der Waals surface area contributed by atoms with Crippen molar-refractivity contribution in [2.45, 2.75) is 13.3 Å². The molecule has 1 aromatic heterocycles. The fraction of sp³-hybridized carbons (Fsp3) is 0.167. The Balaban J connectivity index is 1.73. The van der Waals surface area contributed by atoms with Crippen LogP contribution in [0.4, 0.5) is 10.1 Å². The largest absolute Gasteiger partial charge is 0.384 e. The molecule has 0 aliphatic rings. The first-order valence-corrected chi connectivity index (χ1v) is 7.07. The van der Waals surface area contributed by atoms with Gasteiger partial charge >= 0.3 is 0 Å². The Morgan fingerprint density at radius 2 is 1.86 bits per heavy atom. The molecule has 106 valence electrons. The Labute approximate surface area is 123 Å². The molecule has 2 nitrogen and oxygen atoms in total. The number of hydrogen-bond donors (Lipinski definition) is 1. The predicted molar refractivity (Wildman–Crippen MR) is 85.1 cm³/mol. The summed E-state index contributed by atoms with van der Waals surface area (Å²) in [7, 11) is 0. The lowest BCUT2D eigenvalue weighted by molar-refractivity contribution is 0.637. The van der Waals surface area contributed by atoms with Crippen molar-refractivity contribution < 1.29 is 4.39 Å². The summed E-state index contributed by atoms with van der Waals surface area (Å²) in [5.74, 6) is -0.283. The van der Waals surface area contributed by atoms with Crippen molar-refractivity contribution in [2.24, 2.45) is 0 Å². The molecule has 0 bridgehead atoms. The van der Waals surface area contributed by atoms with Gasteiger partial charge in [0.25, 0.3) is 0 Å². The number of fused-ring (bicyclic) bond motifs is 1. The van der Waals surface area contributed by atoms with Crippen LogP contribution < -0.4 is 5.32 Å². The first-order chi connectivity index (χ1) is 10.2. The molecule has 0 aliphatic heterocycles. The van der Waals surface area contributed by atoms with Gasteiger partial charge in [0.1, 0.15) is 11.3 Å². The van der Waals surface area contributed by atoms with Crippen molar-refractivity contribution in [1.29, 1.82) is 0 Å². The Morgan fingerprint density at radius 1 is 1.05 bits per heavy atom. The molecule has 1 heterocycles. The fourth-order valence-corrected chi connectivity index (χ4v) is 2.39. The van der Waals surface area contributed by atoms with Crippen LogP contribution in [0, 0.1) is 12.7 Å². The number of aryl methyl sites for hydroxylation is 1. The number of benzene rings is 2. The summed E-state index contributed by atoms with van der Waals surface area (Å²) in [6, 6.07) is 15.4. The Morgan fingerprint density at radius 3 is 2.67 bits per heavy atom. The number of anilines is 1. The molecule has 0 atom stereocenters. The van der Waals surface area contributed by atoms with Crippen LogP contribution in [-0.4, -0.2) is 11.5 Å². The predicted octanol–water partition coefficient (Wildman–Crippen LogP) is 4.34. The first-order valence-electron chi connectivity index (χ1n) is 7.07. The van der Waals surface area contributed by atoms with Gasteiger partial charge in [0, 0.05) is 23.8 Å². The zero-order chi connectivity index (χ0) is 14.7. The molecule has 3 heteroatoms. The molecule has 2 aromatic carbocycles. The van der Waals surface area contributed by atoms with Crippen molar-refractivity contribution in [3.05, 3.63) is 71.7 Å². The Bertz CT molecular complexity index is 751. The smallest absolute Gasteiger partial charge is 0.149 e. The zero-order valence-corrected chi connectivity index (χ0v) is 11.9. The van der Waals surface area contributed by atoms with E-state index in [0.717, 1.165) is 24.0 Å². The van der Waals surface area contributed by atoms with E-state index in [4.69, 9.17) is 0 Å². The third-order valence-electron chi connectivity index (χ3n) is 3.57. The van der Waals surface area contributed by atoms with E-state index in [0.29, 0.717) is 5.52 Å². The highest BCUT2D eigenvalue weighted by atomic mass is 19.1. The van der Waals surface area contributed by atoms with Crippen LogP contribution in [0.25, 0.3) is 10.9 Å². The Hall–Kier alpha value is -2.42. The number of aromatic nitrogens is 1. The topological polar surface area (TPSA) is 24.9 Å². The van der Waals surface area contributed by atoms with E-state index in [2.05, 4.69) is 41.5 Å². The van der Waals surface area contributed by atoms with Gasteiger partial charge in [-0.2, -0.15) is 0 Å². The van der Waals surface area contributed by atoms with Gasteiger partial charge in [0.05, 0.1) is 0 Å². The minimum Gasteiger partial charge on any atom is -0.384 e. The molecule has 21 heavy (non-hydrogen) atoms. The molecular weight excluding hydrogens is 263 g/mol.